The first kappa shape index (κ1) is 18.1. The summed E-state index contributed by atoms with van der Waals surface area (Å²) in [4.78, 5) is 18.3. The number of allylic oxidation sites excluding steroid dienone is 1. The highest BCUT2D eigenvalue weighted by atomic mass is 32.1. The van der Waals surface area contributed by atoms with E-state index in [0.717, 1.165) is 27.9 Å². The number of aromatic nitrogens is 1. The number of rotatable bonds is 3. The maximum atomic E-state index is 13.0. The van der Waals surface area contributed by atoms with Crippen LogP contribution in [0, 0.1) is 0 Å². The Morgan fingerprint density at radius 3 is 2.76 bits per heavy atom. The van der Waals surface area contributed by atoms with E-state index in [1.807, 2.05) is 24.3 Å². The average molecular weight is 399 g/mol. The normalized spacial score (nSPS) is 14.3. The highest BCUT2D eigenvalue weighted by Crippen LogP contribution is 2.28. The molecule has 5 rings (SSSR count). The molecule has 0 saturated heterocycles. The first-order valence-corrected chi connectivity index (χ1v) is 10.9. The number of thiazole rings is 1. The van der Waals surface area contributed by atoms with E-state index in [9.17, 15) is 4.79 Å². The Hall–Kier alpha value is -2.98. The Labute approximate surface area is 173 Å². The molecule has 0 radical (unpaired) electrons. The van der Waals surface area contributed by atoms with Crippen LogP contribution in [0.3, 0.4) is 0 Å². The van der Waals surface area contributed by atoms with Crippen LogP contribution in [0.5, 0.6) is 0 Å². The number of hydrogen-bond donors (Lipinski definition) is 0. The van der Waals surface area contributed by atoms with E-state index in [0.29, 0.717) is 12.1 Å². The molecule has 3 aromatic carbocycles. The lowest BCUT2D eigenvalue weighted by atomic mass is 9.90. The zero-order valence-electron chi connectivity index (χ0n) is 16.2. The highest BCUT2D eigenvalue weighted by molar-refractivity contribution is 7.17. The van der Waals surface area contributed by atoms with Crippen molar-refractivity contribution in [2.45, 2.75) is 32.2 Å². The predicted octanol–water partition coefficient (Wildman–Crippen LogP) is 5.66. The molecule has 0 fully saturated rings. The van der Waals surface area contributed by atoms with Gasteiger partial charge in [-0.3, -0.25) is 4.79 Å². The van der Waals surface area contributed by atoms with Gasteiger partial charge in [-0.15, -0.1) is 6.58 Å². The minimum absolute atomic E-state index is 0.174. The number of benzene rings is 3. The van der Waals surface area contributed by atoms with Crippen LogP contribution in [0.2, 0.25) is 0 Å². The third-order valence-electron chi connectivity index (χ3n) is 5.68. The van der Waals surface area contributed by atoms with Gasteiger partial charge >= 0.3 is 0 Å². The molecule has 1 aromatic heterocycles. The summed E-state index contributed by atoms with van der Waals surface area (Å²) in [6.07, 6.45) is 6.46. The van der Waals surface area contributed by atoms with Gasteiger partial charge < -0.3 is 4.57 Å². The van der Waals surface area contributed by atoms with Crippen LogP contribution in [-0.2, 0) is 19.4 Å². The Morgan fingerprint density at radius 1 is 1.07 bits per heavy atom. The number of aryl methyl sites for hydroxylation is 2. The van der Waals surface area contributed by atoms with Crippen LogP contribution in [0.4, 0.5) is 0 Å². The van der Waals surface area contributed by atoms with Gasteiger partial charge in [0.25, 0.3) is 5.91 Å². The summed E-state index contributed by atoms with van der Waals surface area (Å²) in [5, 5.41) is 2.38. The molecular weight excluding hydrogens is 376 g/mol. The van der Waals surface area contributed by atoms with Crippen molar-refractivity contribution in [2.24, 2.45) is 4.99 Å². The number of amides is 1. The zero-order valence-corrected chi connectivity index (χ0v) is 17.0. The number of carbonyl (C=O) groups excluding carboxylic acids is 1. The van der Waals surface area contributed by atoms with Crippen LogP contribution in [-0.4, -0.2) is 10.5 Å². The molecule has 0 spiro atoms. The summed E-state index contributed by atoms with van der Waals surface area (Å²) in [6.45, 7) is 4.51. The van der Waals surface area contributed by atoms with Crippen molar-refractivity contribution in [3.63, 3.8) is 0 Å². The van der Waals surface area contributed by atoms with Crippen molar-refractivity contribution in [3.05, 3.63) is 88.7 Å². The minimum atomic E-state index is -0.174. The fourth-order valence-corrected chi connectivity index (χ4v) is 5.38. The molecule has 144 valence electrons. The molecule has 4 heteroatoms. The monoisotopic (exact) mass is 398 g/mol. The lowest BCUT2D eigenvalue weighted by Crippen LogP contribution is -2.16. The van der Waals surface area contributed by atoms with Gasteiger partial charge in [0.15, 0.2) is 4.80 Å². The van der Waals surface area contributed by atoms with Gasteiger partial charge in [-0.2, -0.15) is 4.99 Å². The van der Waals surface area contributed by atoms with E-state index in [1.165, 1.54) is 34.7 Å². The zero-order chi connectivity index (χ0) is 19.8. The summed E-state index contributed by atoms with van der Waals surface area (Å²) in [5.74, 6) is -0.174. The number of carbonyl (C=O) groups is 1. The topological polar surface area (TPSA) is 34.4 Å². The standard InChI is InChI=1S/C25H22N2OS/c1-2-15-27-22-14-13-18-8-5-6-10-21(18)23(22)29-25(27)26-24(28)20-12-11-17-7-3-4-9-19(17)16-20/h2,5-6,8,10-14,16H,1,3-4,7,9,15H2. The second-order valence-electron chi connectivity index (χ2n) is 7.53. The second kappa shape index (κ2) is 7.45. The van der Waals surface area contributed by atoms with Crippen molar-refractivity contribution >= 4 is 38.2 Å². The molecule has 0 N–H and O–H groups in total. The van der Waals surface area contributed by atoms with Crippen molar-refractivity contribution < 1.29 is 4.79 Å². The number of fused-ring (bicyclic) bond motifs is 4. The SMILES string of the molecule is C=CCn1c(=NC(=O)c2ccc3c(c2)CCCC3)sc2c3ccccc3ccc21. The predicted molar refractivity (Wildman–Crippen MR) is 120 cm³/mol. The first-order valence-electron chi connectivity index (χ1n) is 10.1. The third-order valence-corrected chi connectivity index (χ3v) is 6.81. The van der Waals surface area contributed by atoms with Gasteiger partial charge in [0, 0.05) is 17.5 Å². The maximum absolute atomic E-state index is 13.0. The molecule has 3 nitrogen and oxygen atoms in total. The Kier molecular flexibility index (Phi) is 4.64. The van der Waals surface area contributed by atoms with Crippen LogP contribution in [0.15, 0.2) is 72.2 Å². The van der Waals surface area contributed by atoms with Crippen LogP contribution >= 0.6 is 11.3 Å². The van der Waals surface area contributed by atoms with Gasteiger partial charge in [0.2, 0.25) is 0 Å². The molecule has 0 unspecified atom stereocenters. The Balaban J connectivity index is 1.66. The van der Waals surface area contributed by atoms with Crippen LogP contribution in [0.1, 0.15) is 34.3 Å². The fourth-order valence-electron chi connectivity index (χ4n) is 4.21. The summed E-state index contributed by atoms with van der Waals surface area (Å²) < 4.78 is 3.23. The lowest BCUT2D eigenvalue weighted by Gasteiger charge is -2.15. The number of hydrogen-bond acceptors (Lipinski definition) is 2. The van der Waals surface area contributed by atoms with Gasteiger partial charge in [-0.25, -0.2) is 0 Å². The van der Waals surface area contributed by atoms with E-state index in [-0.39, 0.29) is 5.91 Å². The molecule has 1 amide bonds. The molecule has 0 saturated carbocycles. The second-order valence-corrected chi connectivity index (χ2v) is 8.50. The molecule has 0 bridgehead atoms. The van der Waals surface area contributed by atoms with Gasteiger partial charge in [-0.1, -0.05) is 53.8 Å². The first-order chi connectivity index (χ1) is 14.2. The van der Waals surface area contributed by atoms with Crippen molar-refractivity contribution in [1.29, 1.82) is 0 Å². The van der Waals surface area contributed by atoms with E-state index >= 15 is 0 Å². The summed E-state index contributed by atoms with van der Waals surface area (Å²) in [5.41, 5.74) is 4.45. The Bertz CT molecular complexity index is 1330. The molecule has 0 atom stereocenters. The number of nitrogens with zero attached hydrogens (tertiary/aromatic N) is 2. The largest absolute Gasteiger partial charge is 0.312 e. The van der Waals surface area contributed by atoms with Crippen molar-refractivity contribution in [3.8, 4) is 0 Å². The third kappa shape index (κ3) is 3.23. The molecule has 0 aliphatic heterocycles. The van der Waals surface area contributed by atoms with Crippen LogP contribution < -0.4 is 4.80 Å². The maximum Gasteiger partial charge on any atom is 0.279 e. The van der Waals surface area contributed by atoms with Gasteiger partial charge in [-0.05, 0) is 60.4 Å². The summed E-state index contributed by atoms with van der Waals surface area (Å²) >= 11 is 1.57. The van der Waals surface area contributed by atoms with E-state index in [1.54, 1.807) is 11.3 Å². The van der Waals surface area contributed by atoms with Gasteiger partial charge in [0.05, 0.1) is 10.2 Å². The average Bonchev–Trinajstić information content (AvgIpc) is 3.11. The quantitative estimate of drug-likeness (QED) is 0.410. The van der Waals surface area contributed by atoms with Crippen molar-refractivity contribution in [1.82, 2.24) is 4.57 Å². The molecule has 4 aromatic rings. The highest BCUT2D eigenvalue weighted by Gasteiger charge is 2.14. The molecule has 29 heavy (non-hydrogen) atoms. The molecular formula is C25H22N2OS. The summed E-state index contributed by atoms with van der Waals surface area (Å²) in [6, 6.07) is 18.6. The summed E-state index contributed by atoms with van der Waals surface area (Å²) in [7, 11) is 0. The fraction of sp³-hybridized carbons (Fsp3) is 0.200. The minimum Gasteiger partial charge on any atom is -0.312 e. The molecule has 1 aliphatic carbocycles. The van der Waals surface area contributed by atoms with Crippen molar-refractivity contribution in [2.75, 3.05) is 0 Å². The smallest absolute Gasteiger partial charge is 0.279 e. The van der Waals surface area contributed by atoms with E-state index in [4.69, 9.17) is 0 Å². The van der Waals surface area contributed by atoms with E-state index < -0.39 is 0 Å². The van der Waals surface area contributed by atoms with Crippen LogP contribution in [0.25, 0.3) is 21.0 Å². The van der Waals surface area contributed by atoms with E-state index in [2.05, 4.69) is 52.5 Å². The Morgan fingerprint density at radius 2 is 1.90 bits per heavy atom. The molecule has 1 heterocycles. The molecule has 1 aliphatic rings. The lowest BCUT2D eigenvalue weighted by molar-refractivity contribution is 0.0997. The van der Waals surface area contributed by atoms with Gasteiger partial charge in [0.1, 0.15) is 0 Å².